The quantitative estimate of drug-likeness (QED) is 0.845. The summed E-state index contributed by atoms with van der Waals surface area (Å²) in [5.74, 6) is 0.589. The molecule has 4 rings (SSSR count). The molecule has 0 aromatic carbocycles. The molecule has 0 bridgehead atoms. The van der Waals surface area contributed by atoms with Crippen LogP contribution in [-0.4, -0.2) is 53.2 Å². The molecule has 2 atom stereocenters. The summed E-state index contributed by atoms with van der Waals surface area (Å²) in [6.07, 6.45) is 6.28. The maximum Gasteiger partial charge on any atom is 0.272 e. The number of carbonyl (C=O) groups is 1. The van der Waals surface area contributed by atoms with Crippen LogP contribution in [0.25, 0.3) is 0 Å². The van der Waals surface area contributed by atoms with Crippen LogP contribution in [0.5, 0.6) is 5.88 Å². The van der Waals surface area contributed by atoms with Crippen LogP contribution in [0, 0.1) is 5.41 Å². The van der Waals surface area contributed by atoms with Gasteiger partial charge in [-0.2, -0.15) is 0 Å². The molecule has 2 aromatic rings. The van der Waals surface area contributed by atoms with Crippen LogP contribution in [0.3, 0.4) is 0 Å². The lowest BCUT2D eigenvalue weighted by Gasteiger charge is -2.49. The van der Waals surface area contributed by atoms with E-state index in [0.29, 0.717) is 31.3 Å². The van der Waals surface area contributed by atoms with Gasteiger partial charge in [0.05, 0.1) is 12.7 Å². The predicted molar refractivity (Wildman–Crippen MR) is 95.9 cm³/mol. The first-order valence-corrected chi connectivity index (χ1v) is 9.13. The summed E-state index contributed by atoms with van der Waals surface area (Å²) in [5, 5.41) is 0. The van der Waals surface area contributed by atoms with Crippen molar-refractivity contribution >= 4 is 5.91 Å². The van der Waals surface area contributed by atoms with Crippen molar-refractivity contribution in [2.45, 2.75) is 25.4 Å². The Bertz CT molecular complexity index is 740. The number of amides is 1. The highest BCUT2D eigenvalue weighted by Crippen LogP contribution is 2.40. The number of ether oxygens (including phenoxy) is 2. The average molecular weight is 353 g/mol. The van der Waals surface area contributed by atoms with E-state index in [1.165, 1.54) is 0 Å². The van der Waals surface area contributed by atoms with Gasteiger partial charge in [-0.3, -0.25) is 9.78 Å². The van der Waals surface area contributed by atoms with Gasteiger partial charge in [0.25, 0.3) is 5.91 Å². The molecule has 0 saturated carbocycles. The molecule has 6 heteroatoms. The number of nitrogens with zero attached hydrogens (tertiary/aromatic N) is 3. The molecule has 6 nitrogen and oxygen atoms in total. The van der Waals surface area contributed by atoms with E-state index in [1.807, 2.05) is 35.2 Å². The number of likely N-dealkylation sites (tertiary alicyclic amines) is 1. The number of pyridine rings is 2. The number of rotatable bonds is 4. The summed E-state index contributed by atoms with van der Waals surface area (Å²) in [4.78, 5) is 23.2. The van der Waals surface area contributed by atoms with E-state index in [1.54, 1.807) is 18.5 Å². The van der Waals surface area contributed by atoms with Gasteiger partial charge in [0, 0.05) is 43.6 Å². The zero-order valence-corrected chi connectivity index (χ0v) is 14.7. The molecule has 2 saturated heterocycles. The minimum absolute atomic E-state index is 0.0214. The number of hydrogen-bond acceptors (Lipinski definition) is 5. The van der Waals surface area contributed by atoms with E-state index in [-0.39, 0.29) is 17.4 Å². The lowest BCUT2D eigenvalue weighted by Crippen LogP contribution is -2.58. The lowest BCUT2D eigenvalue weighted by atomic mass is 9.73. The monoisotopic (exact) mass is 353 g/mol. The van der Waals surface area contributed by atoms with Crippen LogP contribution >= 0.6 is 0 Å². The van der Waals surface area contributed by atoms with E-state index < -0.39 is 0 Å². The summed E-state index contributed by atoms with van der Waals surface area (Å²) < 4.78 is 12.0. The zero-order valence-electron chi connectivity index (χ0n) is 14.7. The van der Waals surface area contributed by atoms with E-state index in [9.17, 15) is 4.79 Å². The highest BCUT2D eigenvalue weighted by Gasteiger charge is 2.48. The third kappa shape index (κ3) is 3.42. The number of fused-ring (bicyclic) bond motifs is 1. The summed E-state index contributed by atoms with van der Waals surface area (Å²) >= 11 is 0. The molecule has 2 fully saturated rings. The molecular formula is C20H23N3O3. The molecule has 1 amide bonds. The standard InChI is InChI=1S/C20H23N3O3/c24-19(16-6-1-3-10-21-16)23-12-8-17-20(14-23,9-5-13-25-17)15-26-18-7-2-4-11-22-18/h1-4,6-7,10-11,17H,5,8-9,12-15H2. The van der Waals surface area contributed by atoms with E-state index in [4.69, 9.17) is 9.47 Å². The van der Waals surface area contributed by atoms with Crippen LogP contribution in [0.15, 0.2) is 48.8 Å². The lowest BCUT2D eigenvalue weighted by molar-refractivity contribution is -0.133. The Balaban J connectivity index is 1.52. The average Bonchev–Trinajstić information content (AvgIpc) is 2.73. The highest BCUT2D eigenvalue weighted by molar-refractivity contribution is 5.92. The zero-order chi connectivity index (χ0) is 17.8. The minimum atomic E-state index is -0.196. The van der Waals surface area contributed by atoms with Crippen LogP contribution < -0.4 is 4.74 Å². The maximum atomic E-state index is 12.9. The fourth-order valence-corrected chi connectivity index (χ4v) is 3.98. The van der Waals surface area contributed by atoms with Crippen molar-refractivity contribution < 1.29 is 14.3 Å². The molecule has 4 heterocycles. The molecule has 0 spiro atoms. The molecule has 26 heavy (non-hydrogen) atoms. The first-order valence-electron chi connectivity index (χ1n) is 9.13. The van der Waals surface area contributed by atoms with Gasteiger partial charge < -0.3 is 14.4 Å². The second-order valence-corrected chi connectivity index (χ2v) is 7.01. The Morgan fingerprint density at radius 2 is 2.08 bits per heavy atom. The van der Waals surface area contributed by atoms with Gasteiger partial charge in [-0.05, 0) is 37.5 Å². The Labute approximate surface area is 153 Å². The van der Waals surface area contributed by atoms with Crippen molar-refractivity contribution in [1.82, 2.24) is 14.9 Å². The molecule has 2 aromatic heterocycles. The Hall–Kier alpha value is -2.47. The van der Waals surface area contributed by atoms with Gasteiger partial charge in [0.1, 0.15) is 5.69 Å². The Kier molecular flexibility index (Phi) is 4.84. The molecule has 0 aliphatic carbocycles. The second kappa shape index (κ2) is 7.41. The van der Waals surface area contributed by atoms with Crippen molar-refractivity contribution in [2.75, 3.05) is 26.3 Å². The Morgan fingerprint density at radius 1 is 1.23 bits per heavy atom. The molecule has 2 aliphatic rings. The van der Waals surface area contributed by atoms with Crippen LogP contribution in [-0.2, 0) is 4.74 Å². The summed E-state index contributed by atoms with van der Waals surface area (Å²) in [6.45, 7) is 2.59. The number of hydrogen-bond donors (Lipinski definition) is 0. The summed E-state index contributed by atoms with van der Waals surface area (Å²) in [6, 6.07) is 11.1. The maximum absolute atomic E-state index is 12.9. The van der Waals surface area contributed by atoms with Gasteiger partial charge in [0.2, 0.25) is 5.88 Å². The van der Waals surface area contributed by atoms with Crippen molar-refractivity contribution in [2.24, 2.45) is 5.41 Å². The number of carbonyl (C=O) groups excluding carboxylic acids is 1. The van der Waals surface area contributed by atoms with Crippen LogP contribution in [0.4, 0.5) is 0 Å². The van der Waals surface area contributed by atoms with Crippen molar-refractivity contribution in [3.63, 3.8) is 0 Å². The Morgan fingerprint density at radius 3 is 2.85 bits per heavy atom. The molecular weight excluding hydrogens is 330 g/mol. The summed E-state index contributed by atoms with van der Waals surface area (Å²) in [5.41, 5.74) is 0.293. The minimum Gasteiger partial charge on any atom is -0.477 e. The van der Waals surface area contributed by atoms with Crippen LogP contribution in [0.2, 0.25) is 0 Å². The first-order chi connectivity index (χ1) is 12.8. The van der Waals surface area contributed by atoms with Gasteiger partial charge in [-0.1, -0.05) is 12.1 Å². The molecule has 2 aliphatic heterocycles. The highest BCUT2D eigenvalue weighted by atomic mass is 16.5. The van der Waals surface area contributed by atoms with Crippen molar-refractivity contribution in [1.29, 1.82) is 0 Å². The normalized spacial score (nSPS) is 25.4. The SMILES string of the molecule is O=C(c1ccccn1)N1CCC2OCCCC2(COc2ccccn2)C1. The van der Waals surface area contributed by atoms with Gasteiger partial charge in [-0.15, -0.1) is 0 Å². The van der Waals surface area contributed by atoms with Crippen LogP contribution in [0.1, 0.15) is 29.8 Å². The first kappa shape index (κ1) is 17.0. The fraction of sp³-hybridized carbons (Fsp3) is 0.450. The van der Waals surface area contributed by atoms with E-state index >= 15 is 0 Å². The van der Waals surface area contributed by atoms with Crippen molar-refractivity contribution in [3.05, 3.63) is 54.5 Å². The number of aromatic nitrogens is 2. The molecule has 136 valence electrons. The molecule has 2 unspecified atom stereocenters. The fourth-order valence-electron chi connectivity index (χ4n) is 3.98. The van der Waals surface area contributed by atoms with Gasteiger partial charge in [-0.25, -0.2) is 4.98 Å². The van der Waals surface area contributed by atoms with E-state index in [0.717, 1.165) is 25.9 Å². The predicted octanol–water partition coefficient (Wildman–Crippen LogP) is 2.57. The third-order valence-electron chi connectivity index (χ3n) is 5.30. The number of piperidine rings is 1. The summed E-state index contributed by atoms with van der Waals surface area (Å²) in [7, 11) is 0. The van der Waals surface area contributed by atoms with Gasteiger partial charge in [0.15, 0.2) is 0 Å². The third-order valence-corrected chi connectivity index (χ3v) is 5.30. The molecule has 0 N–H and O–H groups in total. The largest absolute Gasteiger partial charge is 0.477 e. The topological polar surface area (TPSA) is 64.6 Å². The molecule has 0 radical (unpaired) electrons. The van der Waals surface area contributed by atoms with E-state index in [2.05, 4.69) is 9.97 Å². The van der Waals surface area contributed by atoms with Crippen molar-refractivity contribution in [3.8, 4) is 5.88 Å². The smallest absolute Gasteiger partial charge is 0.272 e. The second-order valence-electron chi connectivity index (χ2n) is 7.01. The van der Waals surface area contributed by atoms with Gasteiger partial charge >= 0.3 is 0 Å².